The number of aliphatic hydroxyl groups is 1. The van der Waals surface area contributed by atoms with Gasteiger partial charge in [-0.25, -0.2) is 4.98 Å². The Morgan fingerprint density at radius 3 is 2.79 bits per heavy atom. The van der Waals surface area contributed by atoms with E-state index in [4.69, 9.17) is 5.11 Å². The van der Waals surface area contributed by atoms with Gasteiger partial charge in [0.05, 0.1) is 18.5 Å². The van der Waals surface area contributed by atoms with Crippen LogP contribution in [0.25, 0.3) is 11.4 Å². The van der Waals surface area contributed by atoms with E-state index >= 15 is 0 Å². The molecule has 0 aliphatic carbocycles. The zero-order valence-corrected chi connectivity index (χ0v) is 7.99. The number of hydrogen-bond donors (Lipinski definition) is 2. The number of benzene rings is 1. The molecule has 0 spiro atoms. The number of nitrogens with zero attached hydrogens (tertiary/aromatic N) is 1. The lowest BCUT2D eigenvalue weighted by Gasteiger charge is -2.00. The van der Waals surface area contributed by atoms with Gasteiger partial charge in [-0.2, -0.15) is 0 Å². The lowest BCUT2D eigenvalue weighted by molar-refractivity contribution is 0.277. The molecule has 1 heterocycles. The van der Waals surface area contributed by atoms with Gasteiger partial charge in [0, 0.05) is 5.56 Å². The second-order valence-electron chi connectivity index (χ2n) is 3.23. The van der Waals surface area contributed by atoms with Crippen molar-refractivity contribution in [1.29, 1.82) is 0 Å². The van der Waals surface area contributed by atoms with Crippen molar-refractivity contribution in [2.24, 2.45) is 0 Å². The number of aromatic nitrogens is 2. The zero-order valence-electron chi connectivity index (χ0n) is 7.99. The Balaban J connectivity index is 2.44. The average Bonchev–Trinajstić information content (AvgIpc) is 2.67. The summed E-state index contributed by atoms with van der Waals surface area (Å²) in [5.41, 5.74) is 2.99. The van der Waals surface area contributed by atoms with E-state index < -0.39 is 0 Å². The van der Waals surface area contributed by atoms with Crippen molar-refractivity contribution in [2.45, 2.75) is 13.5 Å². The standard InChI is InChI=1S/C11H12N2O/c1-8-4-2-3-5-10(8)11-12-6-9(7-14)13-11/h2-6,14H,7H2,1H3,(H,12,13). The maximum absolute atomic E-state index is 8.90. The number of aromatic amines is 1. The monoisotopic (exact) mass is 188 g/mol. The predicted molar refractivity (Wildman–Crippen MR) is 54.7 cm³/mol. The van der Waals surface area contributed by atoms with Gasteiger partial charge >= 0.3 is 0 Å². The van der Waals surface area contributed by atoms with Crippen LogP contribution in [0.2, 0.25) is 0 Å². The van der Waals surface area contributed by atoms with Gasteiger partial charge in [0.15, 0.2) is 0 Å². The van der Waals surface area contributed by atoms with Crippen molar-refractivity contribution in [2.75, 3.05) is 0 Å². The summed E-state index contributed by atoms with van der Waals surface area (Å²) in [5.74, 6) is 0.812. The van der Waals surface area contributed by atoms with Crippen LogP contribution in [0.1, 0.15) is 11.3 Å². The molecule has 0 bridgehead atoms. The summed E-state index contributed by atoms with van der Waals surface area (Å²) in [6.07, 6.45) is 1.65. The molecule has 72 valence electrons. The molecule has 0 saturated carbocycles. The van der Waals surface area contributed by atoms with E-state index in [0.29, 0.717) is 0 Å². The topological polar surface area (TPSA) is 48.9 Å². The average molecular weight is 188 g/mol. The van der Waals surface area contributed by atoms with Crippen LogP contribution in [-0.4, -0.2) is 15.1 Å². The molecule has 3 heteroatoms. The van der Waals surface area contributed by atoms with Crippen LogP contribution in [-0.2, 0) is 6.61 Å². The van der Waals surface area contributed by atoms with Crippen molar-refractivity contribution in [3.63, 3.8) is 0 Å². The van der Waals surface area contributed by atoms with Crippen LogP contribution in [0.3, 0.4) is 0 Å². The Morgan fingerprint density at radius 2 is 2.14 bits per heavy atom. The van der Waals surface area contributed by atoms with Gasteiger partial charge in [0.25, 0.3) is 0 Å². The molecular weight excluding hydrogens is 176 g/mol. The minimum atomic E-state index is -0.00111. The van der Waals surface area contributed by atoms with Crippen LogP contribution < -0.4 is 0 Å². The maximum atomic E-state index is 8.90. The van der Waals surface area contributed by atoms with Gasteiger partial charge in [-0.15, -0.1) is 0 Å². The summed E-state index contributed by atoms with van der Waals surface area (Å²) < 4.78 is 0. The Bertz CT molecular complexity index is 434. The van der Waals surface area contributed by atoms with Crippen molar-refractivity contribution >= 4 is 0 Å². The molecule has 1 aromatic heterocycles. The smallest absolute Gasteiger partial charge is 0.137 e. The number of hydrogen-bond acceptors (Lipinski definition) is 2. The van der Waals surface area contributed by atoms with Crippen LogP contribution in [0, 0.1) is 6.92 Å². The minimum Gasteiger partial charge on any atom is -0.390 e. The Kier molecular flexibility index (Phi) is 2.33. The van der Waals surface area contributed by atoms with E-state index in [2.05, 4.69) is 9.97 Å². The number of H-pyrrole nitrogens is 1. The van der Waals surface area contributed by atoms with Gasteiger partial charge in [-0.3, -0.25) is 0 Å². The van der Waals surface area contributed by atoms with Crippen LogP contribution in [0.4, 0.5) is 0 Å². The van der Waals surface area contributed by atoms with Gasteiger partial charge in [0.2, 0.25) is 0 Å². The first-order valence-corrected chi connectivity index (χ1v) is 4.52. The van der Waals surface area contributed by atoms with E-state index in [-0.39, 0.29) is 6.61 Å². The third kappa shape index (κ3) is 1.54. The van der Waals surface area contributed by atoms with Crippen LogP contribution >= 0.6 is 0 Å². The first kappa shape index (κ1) is 8.97. The molecule has 0 fully saturated rings. The number of nitrogens with one attached hydrogen (secondary N) is 1. The SMILES string of the molecule is Cc1ccccc1-c1ncc(CO)[nH]1. The van der Waals surface area contributed by atoms with Crippen molar-refractivity contribution < 1.29 is 5.11 Å². The molecule has 2 aromatic rings. The first-order valence-electron chi connectivity index (χ1n) is 4.52. The van der Waals surface area contributed by atoms with E-state index in [0.717, 1.165) is 17.1 Å². The molecular formula is C11H12N2O. The third-order valence-electron chi connectivity index (χ3n) is 2.20. The van der Waals surface area contributed by atoms with E-state index in [1.54, 1.807) is 6.20 Å². The molecule has 1 aromatic carbocycles. The summed E-state index contributed by atoms with van der Waals surface area (Å²) in [4.78, 5) is 7.26. The fraction of sp³-hybridized carbons (Fsp3) is 0.182. The van der Waals surface area contributed by atoms with Crippen molar-refractivity contribution in [3.8, 4) is 11.4 Å². The van der Waals surface area contributed by atoms with E-state index in [1.807, 2.05) is 31.2 Å². The Labute approximate surface area is 82.4 Å². The Hall–Kier alpha value is -1.61. The molecule has 0 aliphatic rings. The van der Waals surface area contributed by atoms with E-state index in [9.17, 15) is 0 Å². The lowest BCUT2D eigenvalue weighted by Crippen LogP contribution is -1.86. The second-order valence-corrected chi connectivity index (χ2v) is 3.23. The van der Waals surface area contributed by atoms with E-state index in [1.165, 1.54) is 5.56 Å². The largest absolute Gasteiger partial charge is 0.390 e. The lowest BCUT2D eigenvalue weighted by atomic mass is 10.1. The minimum absolute atomic E-state index is 0.00111. The zero-order chi connectivity index (χ0) is 9.97. The maximum Gasteiger partial charge on any atom is 0.137 e. The molecule has 0 saturated heterocycles. The Morgan fingerprint density at radius 1 is 1.36 bits per heavy atom. The fourth-order valence-electron chi connectivity index (χ4n) is 1.41. The quantitative estimate of drug-likeness (QED) is 0.756. The second kappa shape index (κ2) is 3.64. The number of aryl methyl sites for hydroxylation is 1. The van der Waals surface area contributed by atoms with Gasteiger partial charge in [-0.05, 0) is 12.5 Å². The number of imidazole rings is 1. The van der Waals surface area contributed by atoms with Crippen LogP contribution in [0.5, 0.6) is 0 Å². The normalized spacial score (nSPS) is 10.4. The molecule has 0 unspecified atom stereocenters. The summed E-state index contributed by atoms with van der Waals surface area (Å²) in [5, 5.41) is 8.90. The van der Waals surface area contributed by atoms with Gasteiger partial charge in [-0.1, -0.05) is 24.3 Å². The highest BCUT2D eigenvalue weighted by molar-refractivity contribution is 5.59. The third-order valence-corrected chi connectivity index (χ3v) is 2.20. The number of rotatable bonds is 2. The van der Waals surface area contributed by atoms with Gasteiger partial charge in [0.1, 0.15) is 5.82 Å². The summed E-state index contributed by atoms with van der Waals surface area (Å²) in [6, 6.07) is 8.02. The number of aliphatic hydroxyl groups excluding tert-OH is 1. The first-order chi connectivity index (χ1) is 6.81. The van der Waals surface area contributed by atoms with Gasteiger partial charge < -0.3 is 10.1 Å². The molecule has 2 rings (SSSR count). The highest BCUT2D eigenvalue weighted by Crippen LogP contribution is 2.19. The summed E-state index contributed by atoms with van der Waals surface area (Å²) in [6.45, 7) is 2.04. The highest BCUT2D eigenvalue weighted by Gasteiger charge is 2.04. The summed E-state index contributed by atoms with van der Waals surface area (Å²) >= 11 is 0. The molecule has 14 heavy (non-hydrogen) atoms. The van der Waals surface area contributed by atoms with Crippen molar-refractivity contribution in [3.05, 3.63) is 41.7 Å². The fourth-order valence-corrected chi connectivity index (χ4v) is 1.41. The molecule has 3 nitrogen and oxygen atoms in total. The molecule has 2 N–H and O–H groups in total. The van der Waals surface area contributed by atoms with Crippen molar-refractivity contribution in [1.82, 2.24) is 9.97 Å². The molecule has 0 amide bonds. The summed E-state index contributed by atoms with van der Waals surface area (Å²) in [7, 11) is 0. The molecule has 0 atom stereocenters. The molecule has 0 aliphatic heterocycles. The van der Waals surface area contributed by atoms with Crippen LogP contribution in [0.15, 0.2) is 30.5 Å². The molecule has 0 radical (unpaired) electrons. The highest BCUT2D eigenvalue weighted by atomic mass is 16.3. The predicted octanol–water partition coefficient (Wildman–Crippen LogP) is 1.88.